The minimum atomic E-state index is 0. The summed E-state index contributed by atoms with van der Waals surface area (Å²) in [6, 6.07) is 10.9. The molecule has 0 radical (unpaired) electrons. The Bertz CT molecular complexity index is 282. The first kappa shape index (κ1) is 16.5. The molecule has 0 heterocycles. The van der Waals surface area contributed by atoms with Gasteiger partial charge in [-0.15, -0.1) is 12.4 Å². The van der Waals surface area contributed by atoms with Crippen LogP contribution in [-0.4, -0.2) is 25.5 Å². The van der Waals surface area contributed by atoms with Crippen LogP contribution in [0, 0.1) is 5.92 Å². The first-order valence-corrected chi connectivity index (χ1v) is 6.29. The summed E-state index contributed by atoms with van der Waals surface area (Å²) >= 11 is 0. The molecule has 1 aromatic rings. The maximum Gasteiger partial charge on any atom is -0.00190 e. The third-order valence-corrected chi connectivity index (χ3v) is 2.95. The molecule has 1 aromatic carbocycles. The summed E-state index contributed by atoms with van der Waals surface area (Å²) in [4.78, 5) is 2.27. The maximum atomic E-state index is 2.31. The first-order valence-electron chi connectivity index (χ1n) is 6.29. The van der Waals surface area contributed by atoms with Gasteiger partial charge in [-0.3, -0.25) is 0 Å². The van der Waals surface area contributed by atoms with Crippen LogP contribution < -0.4 is 0 Å². The van der Waals surface area contributed by atoms with Crippen LogP contribution in [0.5, 0.6) is 0 Å². The van der Waals surface area contributed by atoms with Crippen LogP contribution in [0.25, 0.3) is 0 Å². The Morgan fingerprint density at radius 2 is 1.65 bits per heavy atom. The molecule has 17 heavy (non-hydrogen) atoms. The van der Waals surface area contributed by atoms with E-state index in [9.17, 15) is 0 Å². The lowest BCUT2D eigenvalue weighted by molar-refractivity contribution is 0.361. The summed E-state index contributed by atoms with van der Waals surface area (Å²) in [7, 11) is 4.30. The van der Waals surface area contributed by atoms with Crippen molar-refractivity contribution in [2.45, 2.75) is 32.6 Å². The molecule has 1 unspecified atom stereocenters. The van der Waals surface area contributed by atoms with E-state index in [-0.39, 0.29) is 12.4 Å². The van der Waals surface area contributed by atoms with E-state index in [1.165, 1.54) is 24.9 Å². The molecule has 0 N–H and O–H groups in total. The summed E-state index contributed by atoms with van der Waals surface area (Å²) in [6.45, 7) is 5.80. The number of benzene rings is 1. The summed E-state index contributed by atoms with van der Waals surface area (Å²) in [5.41, 5.74) is 1.50. The smallest absolute Gasteiger partial charge is 0.00190 e. The SMILES string of the molecule is CC(C)CC(CCN(C)C)c1ccccc1.Cl. The fourth-order valence-electron chi connectivity index (χ4n) is 2.13. The lowest BCUT2D eigenvalue weighted by atomic mass is 9.88. The minimum absolute atomic E-state index is 0. The molecule has 1 atom stereocenters. The summed E-state index contributed by atoms with van der Waals surface area (Å²) in [5.74, 6) is 1.48. The molecule has 98 valence electrons. The molecule has 0 fully saturated rings. The van der Waals surface area contributed by atoms with Crippen molar-refractivity contribution in [3.63, 3.8) is 0 Å². The van der Waals surface area contributed by atoms with Gasteiger partial charge in [0.25, 0.3) is 0 Å². The van der Waals surface area contributed by atoms with Crippen LogP contribution in [0.1, 0.15) is 38.2 Å². The fraction of sp³-hybridized carbons (Fsp3) is 0.600. The largest absolute Gasteiger partial charge is 0.309 e. The lowest BCUT2D eigenvalue weighted by Crippen LogP contribution is -2.16. The number of rotatable bonds is 6. The fourth-order valence-corrected chi connectivity index (χ4v) is 2.13. The van der Waals surface area contributed by atoms with Crippen LogP contribution in [0.15, 0.2) is 30.3 Å². The molecule has 0 aliphatic carbocycles. The van der Waals surface area contributed by atoms with Gasteiger partial charge in [0.1, 0.15) is 0 Å². The van der Waals surface area contributed by atoms with E-state index in [1.54, 1.807) is 0 Å². The molecule has 0 amide bonds. The van der Waals surface area contributed by atoms with Gasteiger partial charge in [-0.05, 0) is 50.9 Å². The molecule has 0 aliphatic rings. The second kappa shape index (κ2) is 8.54. The van der Waals surface area contributed by atoms with Crippen LogP contribution in [0.4, 0.5) is 0 Å². The summed E-state index contributed by atoms with van der Waals surface area (Å²) < 4.78 is 0. The first-order chi connectivity index (χ1) is 7.59. The molecule has 0 aromatic heterocycles. The molecular formula is C15H26ClN. The van der Waals surface area contributed by atoms with E-state index in [0.29, 0.717) is 5.92 Å². The molecule has 1 nitrogen and oxygen atoms in total. The van der Waals surface area contributed by atoms with E-state index in [0.717, 1.165) is 5.92 Å². The Kier molecular flexibility index (Phi) is 8.28. The maximum absolute atomic E-state index is 2.31. The highest BCUT2D eigenvalue weighted by atomic mass is 35.5. The zero-order chi connectivity index (χ0) is 12.0. The molecular weight excluding hydrogens is 230 g/mol. The highest BCUT2D eigenvalue weighted by Crippen LogP contribution is 2.26. The van der Waals surface area contributed by atoms with Crippen molar-refractivity contribution in [3.8, 4) is 0 Å². The number of hydrogen-bond acceptors (Lipinski definition) is 1. The van der Waals surface area contributed by atoms with E-state index in [2.05, 4.69) is 63.2 Å². The van der Waals surface area contributed by atoms with Crippen molar-refractivity contribution < 1.29 is 0 Å². The highest BCUT2D eigenvalue weighted by Gasteiger charge is 2.13. The van der Waals surface area contributed by atoms with Gasteiger partial charge >= 0.3 is 0 Å². The molecule has 0 aliphatic heterocycles. The van der Waals surface area contributed by atoms with E-state index >= 15 is 0 Å². The average Bonchev–Trinajstić information content (AvgIpc) is 2.25. The van der Waals surface area contributed by atoms with Crippen LogP contribution >= 0.6 is 12.4 Å². The normalized spacial score (nSPS) is 12.6. The Labute approximate surface area is 113 Å². The average molecular weight is 256 g/mol. The Morgan fingerprint density at radius 3 is 2.12 bits per heavy atom. The van der Waals surface area contributed by atoms with Gasteiger partial charge < -0.3 is 4.90 Å². The third-order valence-electron chi connectivity index (χ3n) is 2.95. The molecule has 1 rings (SSSR count). The Balaban J connectivity index is 0.00000256. The van der Waals surface area contributed by atoms with Crippen molar-refractivity contribution in [2.24, 2.45) is 5.92 Å². The zero-order valence-corrected chi connectivity index (χ0v) is 12.3. The molecule has 2 heteroatoms. The number of halogens is 1. The highest BCUT2D eigenvalue weighted by molar-refractivity contribution is 5.85. The summed E-state index contributed by atoms with van der Waals surface area (Å²) in [5, 5.41) is 0. The number of nitrogens with zero attached hydrogens (tertiary/aromatic N) is 1. The third kappa shape index (κ3) is 6.70. The van der Waals surface area contributed by atoms with E-state index < -0.39 is 0 Å². The standard InChI is InChI=1S/C15H25N.ClH/c1-13(2)12-15(10-11-16(3)4)14-8-6-5-7-9-14;/h5-9,13,15H,10-12H2,1-4H3;1H. The van der Waals surface area contributed by atoms with Crippen molar-refractivity contribution in [2.75, 3.05) is 20.6 Å². The second-order valence-electron chi connectivity index (χ2n) is 5.33. The van der Waals surface area contributed by atoms with Crippen molar-refractivity contribution in [1.29, 1.82) is 0 Å². The molecule has 0 saturated heterocycles. The predicted octanol–water partition coefficient (Wildman–Crippen LogP) is 4.19. The van der Waals surface area contributed by atoms with Crippen molar-refractivity contribution >= 4 is 12.4 Å². The van der Waals surface area contributed by atoms with Gasteiger partial charge in [0, 0.05) is 0 Å². The zero-order valence-electron chi connectivity index (χ0n) is 11.5. The topological polar surface area (TPSA) is 3.24 Å². The lowest BCUT2D eigenvalue weighted by Gasteiger charge is -2.21. The van der Waals surface area contributed by atoms with Crippen molar-refractivity contribution in [3.05, 3.63) is 35.9 Å². The second-order valence-corrected chi connectivity index (χ2v) is 5.33. The van der Waals surface area contributed by atoms with Crippen molar-refractivity contribution in [1.82, 2.24) is 4.90 Å². The molecule has 0 saturated carbocycles. The van der Waals surface area contributed by atoms with Crippen LogP contribution in [-0.2, 0) is 0 Å². The Morgan fingerprint density at radius 1 is 1.06 bits per heavy atom. The van der Waals surface area contributed by atoms with Gasteiger partial charge in [-0.25, -0.2) is 0 Å². The molecule has 0 spiro atoms. The monoisotopic (exact) mass is 255 g/mol. The van der Waals surface area contributed by atoms with Gasteiger partial charge in [-0.1, -0.05) is 44.2 Å². The Hall–Kier alpha value is -0.530. The molecule has 0 bridgehead atoms. The van der Waals surface area contributed by atoms with E-state index in [4.69, 9.17) is 0 Å². The van der Waals surface area contributed by atoms with Crippen LogP contribution in [0.2, 0.25) is 0 Å². The van der Waals surface area contributed by atoms with Gasteiger partial charge in [0.05, 0.1) is 0 Å². The van der Waals surface area contributed by atoms with Gasteiger partial charge in [-0.2, -0.15) is 0 Å². The quantitative estimate of drug-likeness (QED) is 0.737. The van der Waals surface area contributed by atoms with Crippen LogP contribution in [0.3, 0.4) is 0 Å². The predicted molar refractivity (Wildman–Crippen MR) is 79.1 cm³/mol. The minimum Gasteiger partial charge on any atom is -0.309 e. The van der Waals surface area contributed by atoms with Gasteiger partial charge in [0.2, 0.25) is 0 Å². The number of hydrogen-bond donors (Lipinski definition) is 0. The summed E-state index contributed by atoms with van der Waals surface area (Å²) in [6.07, 6.45) is 2.55. The van der Waals surface area contributed by atoms with E-state index in [1.807, 2.05) is 0 Å². The van der Waals surface area contributed by atoms with Gasteiger partial charge in [0.15, 0.2) is 0 Å².